The van der Waals surface area contributed by atoms with Crippen LogP contribution in [0.2, 0.25) is 0 Å². The summed E-state index contributed by atoms with van der Waals surface area (Å²) in [5.41, 5.74) is 2.36. The summed E-state index contributed by atoms with van der Waals surface area (Å²) in [5, 5.41) is 9.77. The van der Waals surface area contributed by atoms with Crippen LogP contribution >= 0.6 is 0 Å². The first-order chi connectivity index (χ1) is 9.56. The fraction of sp³-hybridized carbons (Fsp3) is 0.0667. The van der Waals surface area contributed by atoms with Crippen LogP contribution in [0.4, 0.5) is 4.39 Å². The summed E-state index contributed by atoms with van der Waals surface area (Å²) in [4.78, 5) is 15.0. The lowest BCUT2D eigenvalue weighted by molar-refractivity contribution is 0.0696. The van der Waals surface area contributed by atoms with Crippen LogP contribution in [0.15, 0.2) is 42.6 Å². The molecule has 0 amide bonds. The highest BCUT2D eigenvalue weighted by Gasteiger charge is 2.10. The minimum atomic E-state index is -1.01. The van der Waals surface area contributed by atoms with Gasteiger partial charge in [0.05, 0.1) is 22.5 Å². The van der Waals surface area contributed by atoms with Gasteiger partial charge in [0.25, 0.3) is 0 Å². The first-order valence-corrected chi connectivity index (χ1v) is 6.01. The van der Waals surface area contributed by atoms with Gasteiger partial charge in [-0.2, -0.15) is 0 Å². The Morgan fingerprint density at radius 1 is 1.25 bits per heavy atom. The van der Waals surface area contributed by atoms with Gasteiger partial charge >= 0.3 is 5.97 Å². The number of aryl methyl sites for hydroxylation is 1. The van der Waals surface area contributed by atoms with Gasteiger partial charge in [0.15, 0.2) is 0 Å². The van der Waals surface area contributed by atoms with Crippen LogP contribution in [0.5, 0.6) is 0 Å². The van der Waals surface area contributed by atoms with Gasteiger partial charge in [0.1, 0.15) is 5.82 Å². The van der Waals surface area contributed by atoms with Crippen LogP contribution in [0.1, 0.15) is 10.4 Å². The van der Waals surface area contributed by atoms with Gasteiger partial charge in [-0.3, -0.25) is 4.98 Å². The number of hydrogen-bond acceptors (Lipinski definition) is 2. The van der Waals surface area contributed by atoms with Crippen molar-refractivity contribution in [1.29, 1.82) is 0 Å². The number of aromatic carboxylic acids is 1. The highest BCUT2D eigenvalue weighted by molar-refractivity contribution is 5.89. The predicted octanol–water partition coefficient (Wildman–Crippen LogP) is 3.08. The molecule has 3 rings (SSSR count). The molecule has 0 aliphatic heterocycles. The third kappa shape index (κ3) is 1.93. The third-order valence-electron chi connectivity index (χ3n) is 3.28. The summed E-state index contributed by atoms with van der Waals surface area (Å²) >= 11 is 0. The molecule has 0 atom stereocenters. The maximum atomic E-state index is 13.3. The number of rotatable bonds is 2. The molecule has 2 heterocycles. The van der Waals surface area contributed by atoms with Crippen LogP contribution in [-0.2, 0) is 7.05 Å². The Kier molecular flexibility index (Phi) is 2.75. The molecule has 0 spiro atoms. The van der Waals surface area contributed by atoms with Crippen molar-refractivity contribution >= 4 is 16.9 Å². The first-order valence-electron chi connectivity index (χ1n) is 6.01. The SMILES string of the molecule is Cn1c(-c2ccc(C(=O)O)cn2)cc2ccc(F)cc21. The number of nitrogens with zero attached hydrogens (tertiary/aromatic N) is 2. The number of pyridine rings is 1. The summed E-state index contributed by atoms with van der Waals surface area (Å²) in [6.45, 7) is 0. The molecule has 0 aliphatic rings. The average molecular weight is 270 g/mol. The largest absolute Gasteiger partial charge is 0.478 e. The standard InChI is InChI=1S/C15H11FN2O2/c1-18-13-7-11(16)4-2-9(13)6-14(18)12-5-3-10(8-17-12)15(19)20/h2-8H,1H3,(H,19,20). The van der Waals surface area contributed by atoms with Crippen LogP contribution in [-0.4, -0.2) is 20.6 Å². The van der Waals surface area contributed by atoms with Gasteiger partial charge < -0.3 is 9.67 Å². The lowest BCUT2D eigenvalue weighted by Gasteiger charge is -2.04. The zero-order valence-electron chi connectivity index (χ0n) is 10.7. The number of benzene rings is 1. The van der Waals surface area contributed by atoms with Gasteiger partial charge in [-0.05, 0) is 36.4 Å². The molecule has 0 fully saturated rings. The Morgan fingerprint density at radius 3 is 2.70 bits per heavy atom. The van der Waals surface area contributed by atoms with E-state index in [1.165, 1.54) is 24.4 Å². The minimum Gasteiger partial charge on any atom is -0.478 e. The number of halogens is 1. The van der Waals surface area contributed by atoms with Crippen molar-refractivity contribution in [3.8, 4) is 11.4 Å². The van der Waals surface area contributed by atoms with Crippen molar-refractivity contribution in [2.75, 3.05) is 0 Å². The van der Waals surface area contributed by atoms with Crippen molar-refractivity contribution in [2.24, 2.45) is 7.05 Å². The zero-order chi connectivity index (χ0) is 14.3. The van der Waals surface area contributed by atoms with Gasteiger partial charge in [0.2, 0.25) is 0 Å². The predicted molar refractivity (Wildman–Crippen MR) is 73.1 cm³/mol. The Labute approximate surface area is 114 Å². The van der Waals surface area contributed by atoms with E-state index in [4.69, 9.17) is 5.11 Å². The van der Waals surface area contributed by atoms with Crippen LogP contribution in [0.3, 0.4) is 0 Å². The second-order valence-electron chi connectivity index (χ2n) is 4.53. The summed E-state index contributed by atoms with van der Waals surface area (Å²) in [6.07, 6.45) is 1.32. The number of carboxylic acids is 1. The fourth-order valence-electron chi connectivity index (χ4n) is 2.22. The Morgan fingerprint density at radius 2 is 2.05 bits per heavy atom. The van der Waals surface area contributed by atoms with Gasteiger partial charge in [0, 0.05) is 18.6 Å². The second-order valence-corrected chi connectivity index (χ2v) is 4.53. The van der Waals surface area contributed by atoms with Crippen molar-refractivity contribution in [3.63, 3.8) is 0 Å². The van der Waals surface area contributed by atoms with Crippen molar-refractivity contribution in [1.82, 2.24) is 9.55 Å². The average Bonchev–Trinajstić information content (AvgIpc) is 2.76. The third-order valence-corrected chi connectivity index (χ3v) is 3.28. The van der Waals surface area contributed by atoms with Gasteiger partial charge in [-0.25, -0.2) is 9.18 Å². The number of carbonyl (C=O) groups is 1. The maximum Gasteiger partial charge on any atom is 0.337 e. The zero-order valence-corrected chi connectivity index (χ0v) is 10.7. The first kappa shape index (κ1) is 12.3. The van der Waals surface area contributed by atoms with E-state index >= 15 is 0 Å². The lowest BCUT2D eigenvalue weighted by atomic mass is 10.2. The monoisotopic (exact) mass is 270 g/mol. The Hall–Kier alpha value is -2.69. The molecule has 0 aliphatic carbocycles. The lowest BCUT2D eigenvalue weighted by Crippen LogP contribution is -1.98. The maximum absolute atomic E-state index is 13.3. The van der Waals surface area contributed by atoms with Gasteiger partial charge in [-0.15, -0.1) is 0 Å². The highest BCUT2D eigenvalue weighted by Crippen LogP contribution is 2.26. The van der Waals surface area contributed by atoms with Crippen molar-refractivity contribution < 1.29 is 14.3 Å². The van der Waals surface area contributed by atoms with Crippen LogP contribution < -0.4 is 0 Å². The van der Waals surface area contributed by atoms with Crippen LogP contribution in [0, 0.1) is 5.82 Å². The molecule has 0 radical (unpaired) electrons. The Balaban J connectivity index is 2.14. The number of hydrogen-bond donors (Lipinski definition) is 1. The molecule has 0 bridgehead atoms. The van der Waals surface area contributed by atoms with E-state index in [0.717, 1.165) is 16.6 Å². The molecule has 3 aromatic rings. The molecule has 1 N–H and O–H groups in total. The van der Waals surface area contributed by atoms with E-state index in [9.17, 15) is 9.18 Å². The van der Waals surface area contributed by atoms with E-state index in [1.807, 2.05) is 17.7 Å². The Bertz CT molecular complexity index is 807. The molecule has 0 saturated heterocycles. The van der Waals surface area contributed by atoms with E-state index in [1.54, 1.807) is 12.1 Å². The normalized spacial score (nSPS) is 10.9. The van der Waals surface area contributed by atoms with Crippen LogP contribution in [0.25, 0.3) is 22.3 Å². The molecule has 4 nitrogen and oxygen atoms in total. The number of fused-ring (bicyclic) bond motifs is 1. The molecule has 5 heteroatoms. The van der Waals surface area contributed by atoms with E-state index in [0.29, 0.717) is 5.69 Å². The molecular formula is C15H11FN2O2. The minimum absolute atomic E-state index is 0.138. The molecule has 100 valence electrons. The summed E-state index contributed by atoms with van der Waals surface area (Å²) in [6, 6.07) is 9.63. The molecule has 1 aromatic carbocycles. The van der Waals surface area contributed by atoms with E-state index in [-0.39, 0.29) is 11.4 Å². The van der Waals surface area contributed by atoms with E-state index < -0.39 is 5.97 Å². The number of aromatic nitrogens is 2. The highest BCUT2D eigenvalue weighted by atomic mass is 19.1. The fourth-order valence-corrected chi connectivity index (χ4v) is 2.22. The molecule has 0 saturated carbocycles. The number of carboxylic acid groups (broad SMARTS) is 1. The summed E-state index contributed by atoms with van der Waals surface area (Å²) < 4.78 is 15.1. The quantitative estimate of drug-likeness (QED) is 0.778. The molecule has 0 unspecified atom stereocenters. The van der Waals surface area contributed by atoms with Crippen molar-refractivity contribution in [2.45, 2.75) is 0 Å². The van der Waals surface area contributed by atoms with Crippen molar-refractivity contribution in [3.05, 3.63) is 54.0 Å². The smallest absolute Gasteiger partial charge is 0.337 e. The molecule has 20 heavy (non-hydrogen) atoms. The second kappa shape index (κ2) is 4.45. The van der Waals surface area contributed by atoms with E-state index in [2.05, 4.69) is 4.98 Å². The molecule has 2 aromatic heterocycles. The topological polar surface area (TPSA) is 55.1 Å². The van der Waals surface area contributed by atoms with Gasteiger partial charge in [-0.1, -0.05) is 0 Å². The summed E-state index contributed by atoms with van der Waals surface area (Å²) in [7, 11) is 1.82. The molecular weight excluding hydrogens is 259 g/mol. The summed E-state index contributed by atoms with van der Waals surface area (Å²) in [5.74, 6) is -1.30.